The van der Waals surface area contributed by atoms with Crippen molar-refractivity contribution in [1.29, 1.82) is 0 Å². The third kappa shape index (κ3) is 1.70. The Balaban J connectivity index is 2.21. The van der Waals surface area contributed by atoms with Crippen LogP contribution < -0.4 is 0 Å². The van der Waals surface area contributed by atoms with Crippen molar-refractivity contribution in [2.24, 2.45) is 16.9 Å². The zero-order valence-corrected chi connectivity index (χ0v) is 10.5. The van der Waals surface area contributed by atoms with Gasteiger partial charge in [0.15, 0.2) is 0 Å². The van der Waals surface area contributed by atoms with Crippen LogP contribution in [-0.2, 0) is 9.53 Å². The monoisotopic (exact) mass is 224 g/mol. The maximum absolute atomic E-state index is 11.8. The molecule has 1 amide bonds. The third-order valence-electron chi connectivity index (χ3n) is 3.63. The molecule has 2 unspecified atom stereocenters. The van der Waals surface area contributed by atoms with E-state index < -0.39 is 5.72 Å². The summed E-state index contributed by atoms with van der Waals surface area (Å²) in [5.74, 6) is 1.53. The molecule has 0 aliphatic carbocycles. The number of amides is 1. The molecular weight excluding hydrogens is 204 g/mol. The fraction of sp³-hybridized carbons (Fsp3) is 0.833. The number of nitrogens with zero attached hydrogens (tertiary/aromatic N) is 2. The van der Waals surface area contributed by atoms with Gasteiger partial charge in [0.25, 0.3) is 0 Å². The fourth-order valence-electron chi connectivity index (χ4n) is 2.11. The van der Waals surface area contributed by atoms with Gasteiger partial charge in [0.2, 0.25) is 17.5 Å². The lowest BCUT2D eigenvalue weighted by molar-refractivity contribution is -0.154. The van der Waals surface area contributed by atoms with Gasteiger partial charge in [-0.1, -0.05) is 20.8 Å². The van der Waals surface area contributed by atoms with Gasteiger partial charge < -0.3 is 4.74 Å². The molecule has 1 fully saturated rings. The highest BCUT2D eigenvalue weighted by atomic mass is 16.6. The van der Waals surface area contributed by atoms with Gasteiger partial charge in [0, 0.05) is 18.8 Å². The smallest absolute Gasteiger partial charge is 0.246 e. The summed E-state index contributed by atoms with van der Waals surface area (Å²) in [7, 11) is 0. The Labute approximate surface area is 96.6 Å². The topological polar surface area (TPSA) is 41.9 Å². The van der Waals surface area contributed by atoms with Crippen molar-refractivity contribution < 1.29 is 9.53 Å². The molecule has 2 rings (SSSR count). The molecule has 0 radical (unpaired) electrons. The van der Waals surface area contributed by atoms with Gasteiger partial charge in [-0.3, -0.25) is 4.79 Å². The number of hydrogen-bond donors (Lipinski definition) is 0. The molecule has 0 aromatic rings. The lowest BCUT2D eigenvalue weighted by atomic mass is 9.98. The average Bonchev–Trinajstić information content (AvgIpc) is 2.56. The molecule has 16 heavy (non-hydrogen) atoms. The number of carbonyl (C=O) groups is 1. The molecule has 2 atom stereocenters. The van der Waals surface area contributed by atoms with Crippen LogP contribution in [0.3, 0.4) is 0 Å². The van der Waals surface area contributed by atoms with Crippen LogP contribution >= 0.6 is 0 Å². The number of ether oxygens (including phenoxy) is 1. The molecule has 4 nitrogen and oxygen atoms in total. The first-order valence-corrected chi connectivity index (χ1v) is 6.04. The van der Waals surface area contributed by atoms with Crippen molar-refractivity contribution in [3.63, 3.8) is 0 Å². The summed E-state index contributed by atoms with van der Waals surface area (Å²) in [6.45, 7) is 8.32. The Bertz CT molecular complexity index is 338. The van der Waals surface area contributed by atoms with Crippen molar-refractivity contribution >= 4 is 11.8 Å². The van der Waals surface area contributed by atoms with Crippen LogP contribution in [0.1, 0.15) is 47.0 Å². The summed E-state index contributed by atoms with van der Waals surface area (Å²) in [5, 5.41) is 5.91. The van der Waals surface area contributed by atoms with E-state index in [1.165, 1.54) is 0 Å². The Morgan fingerprint density at radius 3 is 2.69 bits per heavy atom. The van der Waals surface area contributed by atoms with Gasteiger partial charge >= 0.3 is 0 Å². The second kappa shape index (κ2) is 3.75. The van der Waals surface area contributed by atoms with Crippen LogP contribution in [0.5, 0.6) is 0 Å². The van der Waals surface area contributed by atoms with Gasteiger partial charge in [0.05, 0.1) is 0 Å². The van der Waals surface area contributed by atoms with E-state index >= 15 is 0 Å². The zero-order chi connectivity index (χ0) is 11.9. The molecule has 0 spiro atoms. The summed E-state index contributed by atoms with van der Waals surface area (Å²) in [6, 6.07) is 0. The molecule has 0 aromatic carbocycles. The van der Waals surface area contributed by atoms with Crippen LogP contribution in [0.2, 0.25) is 0 Å². The standard InChI is InChI=1S/C12H20N2O2/c1-8(2)9(3)11-13-14-10(15)6-5-7-12(14,4)16-11/h8-9H,5-7H2,1-4H3. The average molecular weight is 224 g/mol. The molecular formula is C12H20N2O2. The highest BCUT2D eigenvalue weighted by Gasteiger charge is 2.47. The van der Waals surface area contributed by atoms with Crippen molar-refractivity contribution in [1.82, 2.24) is 5.01 Å². The van der Waals surface area contributed by atoms with E-state index in [2.05, 4.69) is 25.9 Å². The number of rotatable bonds is 2. The van der Waals surface area contributed by atoms with Gasteiger partial charge in [-0.25, -0.2) is 0 Å². The van der Waals surface area contributed by atoms with Gasteiger partial charge in [-0.15, -0.1) is 5.10 Å². The van der Waals surface area contributed by atoms with Crippen LogP contribution in [-0.4, -0.2) is 22.5 Å². The minimum atomic E-state index is -0.520. The largest absolute Gasteiger partial charge is 0.451 e. The first kappa shape index (κ1) is 11.4. The molecule has 0 saturated carbocycles. The minimum Gasteiger partial charge on any atom is -0.451 e. The van der Waals surface area contributed by atoms with Crippen LogP contribution in [0.25, 0.3) is 0 Å². The van der Waals surface area contributed by atoms with Crippen molar-refractivity contribution in [2.45, 2.75) is 52.7 Å². The molecule has 2 aliphatic heterocycles. The first-order chi connectivity index (χ1) is 7.44. The summed E-state index contributed by atoms with van der Waals surface area (Å²) in [6.07, 6.45) is 2.35. The van der Waals surface area contributed by atoms with Gasteiger partial charge in [0.1, 0.15) is 0 Å². The number of hydrazone groups is 1. The number of carbonyl (C=O) groups excluding carboxylic acids is 1. The van der Waals surface area contributed by atoms with Crippen molar-refractivity contribution in [2.75, 3.05) is 0 Å². The van der Waals surface area contributed by atoms with E-state index in [-0.39, 0.29) is 11.8 Å². The van der Waals surface area contributed by atoms with E-state index in [0.29, 0.717) is 18.2 Å². The Kier molecular flexibility index (Phi) is 2.68. The highest BCUT2D eigenvalue weighted by molar-refractivity contribution is 5.86. The molecule has 0 N–H and O–H groups in total. The van der Waals surface area contributed by atoms with E-state index in [9.17, 15) is 4.79 Å². The van der Waals surface area contributed by atoms with Crippen LogP contribution in [0, 0.1) is 11.8 Å². The van der Waals surface area contributed by atoms with Crippen LogP contribution in [0.15, 0.2) is 5.10 Å². The normalized spacial score (nSPS) is 31.2. The SMILES string of the molecule is CC(C)C(C)C1=NN2C(=O)CCCC2(C)O1. The van der Waals surface area contributed by atoms with Gasteiger partial charge in [-0.05, 0) is 19.3 Å². The second-order valence-corrected chi connectivity index (χ2v) is 5.31. The third-order valence-corrected chi connectivity index (χ3v) is 3.63. The van der Waals surface area contributed by atoms with E-state index in [4.69, 9.17) is 4.74 Å². The lowest BCUT2D eigenvalue weighted by Gasteiger charge is -2.35. The molecule has 2 aliphatic rings. The molecule has 0 bridgehead atoms. The summed E-state index contributed by atoms with van der Waals surface area (Å²) >= 11 is 0. The van der Waals surface area contributed by atoms with Crippen molar-refractivity contribution in [3.8, 4) is 0 Å². The predicted octanol–water partition coefficient (Wildman–Crippen LogP) is 2.35. The summed E-state index contributed by atoms with van der Waals surface area (Å²) < 4.78 is 5.90. The summed E-state index contributed by atoms with van der Waals surface area (Å²) in [5.41, 5.74) is -0.520. The van der Waals surface area contributed by atoms with E-state index in [1.807, 2.05) is 6.92 Å². The fourth-order valence-corrected chi connectivity index (χ4v) is 2.11. The maximum Gasteiger partial charge on any atom is 0.246 e. The summed E-state index contributed by atoms with van der Waals surface area (Å²) in [4.78, 5) is 11.8. The number of fused-ring (bicyclic) bond motifs is 1. The molecule has 90 valence electrons. The zero-order valence-electron chi connectivity index (χ0n) is 10.5. The lowest BCUT2D eigenvalue weighted by Crippen LogP contribution is -2.48. The molecule has 2 heterocycles. The molecule has 4 heteroatoms. The van der Waals surface area contributed by atoms with Crippen molar-refractivity contribution in [3.05, 3.63) is 0 Å². The van der Waals surface area contributed by atoms with Gasteiger partial charge in [-0.2, -0.15) is 5.01 Å². The quantitative estimate of drug-likeness (QED) is 0.722. The Morgan fingerprint density at radius 2 is 2.12 bits per heavy atom. The highest BCUT2D eigenvalue weighted by Crippen LogP contribution is 2.36. The van der Waals surface area contributed by atoms with Crippen LogP contribution in [0.4, 0.5) is 0 Å². The molecule has 0 aromatic heterocycles. The Morgan fingerprint density at radius 1 is 1.44 bits per heavy atom. The predicted molar refractivity (Wildman–Crippen MR) is 61.6 cm³/mol. The van der Waals surface area contributed by atoms with E-state index in [0.717, 1.165) is 12.8 Å². The Hall–Kier alpha value is -1.06. The second-order valence-electron chi connectivity index (χ2n) is 5.31. The molecule has 1 saturated heterocycles. The first-order valence-electron chi connectivity index (χ1n) is 6.04. The number of hydrogen-bond acceptors (Lipinski definition) is 3. The maximum atomic E-state index is 11.8. The number of piperidine rings is 1. The van der Waals surface area contributed by atoms with E-state index in [1.54, 1.807) is 5.01 Å². The minimum absolute atomic E-state index is 0.0831.